The molecule has 0 unspecified atom stereocenters. The maximum Gasteiger partial charge on any atom is 0.404 e. The van der Waals surface area contributed by atoms with Crippen LogP contribution in [0.1, 0.15) is 10.5 Å². The summed E-state index contributed by atoms with van der Waals surface area (Å²) in [5, 5.41) is 9.42. The van der Waals surface area contributed by atoms with Gasteiger partial charge < -0.3 is 5.11 Å². The number of nitrogens with zero attached hydrogens (tertiary/aromatic N) is 2. The average molecular weight is 209 g/mol. The van der Waals surface area contributed by atoms with Gasteiger partial charge in [-0.25, -0.2) is 9.18 Å². The first-order chi connectivity index (χ1) is 7.02. The molecule has 0 saturated heterocycles. The molecule has 0 amide bonds. The van der Waals surface area contributed by atoms with Crippen molar-refractivity contribution in [2.45, 2.75) is 0 Å². The fraction of sp³-hybridized carbons (Fsp3) is 0.200. The summed E-state index contributed by atoms with van der Waals surface area (Å²) >= 11 is 0. The van der Waals surface area contributed by atoms with E-state index in [0.29, 0.717) is 10.9 Å². The lowest BCUT2D eigenvalue weighted by atomic mass is 10.2. The Hall–Kier alpha value is -1.91. The smallest absolute Gasteiger partial charge is 0.404 e. The van der Waals surface area contributed by atoms with Crippen molar-refractivity contribution in [1.29, 1.82) is 0 Å². The normalized spacial score (nSPS) is 10.9. The average Bonchev–Trinajstić information content (AvgIpc) is 2.39. The molecule has 1 heterocycles. The molecule has 0 radical (unpaired) electrons. The lowest BCUT2D eigenvalue weighted by Gasteiger charge is -1.90. The third kappa shape index (κ3) is 1.27. The molecule has 2 aromatic rings. The Balaban J connectivity index is 2.95. The minimum Gasteiger partial charge on any atom is -0.473 e. The first kappa shape index (κ1) is 9.64. The molecule has 0 fully saturated rings. The predicted octanol–water partition coefficient (Wildman–Crippen LogP) is 0.840. The van der Waals surface area contributed by atoms with E-state index in [9.17, 15) is 9.18 Å². The van der Waals surface area contributed by atoms with Gasteiger partial charge in [-0.1, -0.05) is 0 Å². The molecule has 2 rings (SSSR count). The Labute approximate surface area is 85.1 Å². The van der Waals surface area contributed by atoms with Crippen LogP contribution in [0.2, 0.25) is 0 Å². The van der Waals surface area contributed by atoms with Gasteiger partial charge in [0.05, 0.1) is 12.4 Å². The van der Waals surface area contributed by atoms with Gasteiger partial charge in [-0.05, 0) is 18.2 Å². The summed E-state index contributed by atoms with van der Waals surface area (Å²) in [4.78, 5) is 11.0. The van der Waals surface area contributed by atoms with E-state index in [1.54, 1.807) is 24.8 Å². The third-order valence-corrected chi connectivity index (χ3v) is 2.54. The zero-order chi connectivity index (χ0) is 11.2. The SMILES string of the molecule is Cn1c2ccc(F)cc2c(C(=O)O)[n+]1C. The standard InChI is InChI=1S/C10H9FN2O2/c1-12-8-4-3-6(11)5-7(8)9(10(14)15)13(12)2/h3-5H,1-2H3/p+1. The predicted molar refractivity (Wildman–Crippen MR) is 51.0 cm³/mol. The maximum absolute atomic E-state index is 13.0. The van der Waals surface area contributed by atoms with Gasteiger partial charge in [-0.3, -0.25) is 0 Å². The van der Waals surface area contributed by atoms with Gasteiger partial charge in [-0.2, -0.15) is 4.68 Å². The van der Waals surface area contributed by atoms with Crippen LogP contribution in [-0.4, -0.2) is 15.8 Å². The number of aromatic nitrogens is 2. The van der Waals surface area contributed by atoms with Crippen molar-refractivity contribution in [2.24, 2.45) is 14.1 Å². The molecule has 0 aliphatic rings. The Bertz CT molecular complexity index is 560. The van der Waals surface area contributed by atoms with E-state index in [0.717, 1.165) is 0 Å². The van der Waals surface area contributed by atoms with Crippen molar-refractivity contribution < 1.29 is 19.0 Å². The second kappa shape index (κ2) is 3.05. The van der Waals surface area contributed by atoms with E-state index >= 15 is 0 Å². The van der Waals surface area contributed by atoms with E-state index in [-0.39, 0.29) is 5.69 Å². The van der Waals surface area contributed by atoms with Gasteiger partial charge in [-0.15, -0.1) is 4.68 Å². The summed E-state index contributed by atoms with van der Waals surface area (Å²) in [5.41, 5.74) is 0.781. The third-order valence-electron chi connectivity index (χ3n) is 2.54. The molecule has 5 heteroatoms. The summed E-state index contributed by atoms with van der Waals surface area (Å²) in [5.74, 6) is -1.50. The van der Waals surface area contributed by atoms with Gasteiger partial charge in [0.1, 0.15) is 11.3 Å². The first-order valence-electron chi connectivity index (χ1n) is 4.40. The van der Waals surface area contributed by atoms with Crippen LogP contribution in [0.25, 0.3) is 10.9 Å². The largest absolute Gasteiger partial charge is 0.473 e. The van der Waals surface area contributed by atoms with E-state index in [4.69, 9.17) is 5.11 Å². The summed E-state index contributed by atoms with van der Waals surface area (Å²) in [6, 6.07) is 4.11. The summed E-state index contributed by atoms with van der Waals surface area (Å²) < 4.78 is 16.2. The first-order valence-corrected chi connectivity index (χ1v) is 4.40. The number of hydrogen-bond donors (Lipinski definition) is 1. The van der Waals surface area contributed by atoms with Crippen molar-refractivity contribution in [3.05, 3.63) is 29.7 Å². The fourth-order valence-corrected chi connectivity index (χ4v) is 1.72. The van der Waals surface area contributed by atoms with Crippen LogP contribution in [0.4, 0.5) is 4.39 Å². The molecular formula is C10H10FN2O2+. The number of carboxylic acids is 1. The number of aryl methyl sites for hydroxylation is 1. The second-order valence-corrected chi connectivity index (χ2v) is 3.36. The van der Waals surface area contributed by atoms with Gasteiger partial charge in [0.15, 0.2) is 7.05 Å². The van der Waals surface area contributed by atoms with Gasteiger partial charge in [0.2, 0.25) is 0 Å². The van der Waals surface area contributed by atoms with Crippen LogP contribution < -0.4 is 4.68 Å². The van der Waals surface area contributed by atoms with Crippen LogP contribution >= 0.6 is 0 Å². The number of carboxylic acid groups (broad SMARTS) is 1. The molecule has 1 aromatic carbocycles. The highest BCUT2D eigenvalue weighted by atomic mass is 19.1. The topological polar surface area (TPSA) is 46.1 Å². The highest BCUT2D eigenvalue weighted by Gasteiger charge is 2.26. The van der Waals surface area contributed by atoms with Crippen LogP contribution in [-0.2, 0) is 14.1 Å². The maximum atomic E-state index is 13.0. The molecule has 1 N–H and O–H groups in total. The minimum absolute atomic E-state index is 0.0898. The highest BCUT2D eigenvalue weighted by Crippen LogP contribution is 2.17. The van der Waals surface area contributed by atoms with Gasteiger partial charge >= 0.3 is 11.7 Å². The number of fused-ring (bicyclic) bond motifs is 1. The number of benzene rings is 1. The van der Waals surface area contributed by atoms with Crippen LogP contribution in [0.3, 0.4) is 0 Å². The highest BCUT2D eigenvalue weighted by molar-refractivity contribution is 5.99. The number of rotatable bonds is 1. The molecule has 78 valence electrons. The molecule has 0 spiro atoms. The molecule has 0 bridgehead atoms. The molecule has 0 saturated carbocycles. The summed E-state index contributed by atoms with van der Waals surface area (Å²) in [7, 11) is 3.36. The Morgan fingerprint density at radius 1 is 1.53 bits per heavy atom. The Morgan fingerprint density at radius 2 is 2.20 bits per heavy atom. The second-order valence-electron chi connectivity index (χ2n) is 3.36. The van der Waals surface area contributed by atoms with E-state index < -0.39 is 11.8 Å². The van der Waals surface area contributed by atoms with Crippen molar-refractivity contribution >= 4 is 16.9 Å². The molecule has 0 atom stereocenters. The zero-order valence-corrected chi connectivity index (χ0v) is 8.36. The lowest BCUT2D eigenvalue weighted by molar-refractivity contribution is -0.750. The van der Waals surface area contributed by atoms with Crippen LogP contribution in [0, 0.1) is 5.82 Å². The Morgan fingerprint density at radius 3 is 2.80 bits per heavy atom. The van der Waals surface area contributed by atoms with Crippen molar-refractivity contribution in [3.8, 4) is 0 Å². The van der Waals surface area contributed by atoms with E-state index in [2.05, 4.69) is 0 Å². The fourth-order valence-electron chi connectivity index (χ4n) is 1.72. The molecule has 4 nitrogen and oxygen atoms in total. The van der Waals surface area contributed by atoms with Crippen molar-refractivity contribution in [2.75, 3.05) is 0 Å². The number of carbonyl (C=O) groups is 1. The molecule has 1 aromatic heterocycles. The van der Waals surface area contributed by atoms with Crippen molar-refractivity contribution in [1.82, 2.24) is 4.68 Å². The number of aromatic carboxylic acids is 1. The monoisotopic (exact) mass is 209 g/mol. The molecule has 15 heavy (non-hydrogen) atoms. The molecule has 0 aliphatic heterocycles. The van der Waals surface area contributed by atoms with Crippen LogP contribution in [0.15, 0.2) is 18.2 Å². The summed E-state index contributed by atoms with van der Waals surface area (Å²) in [6.45, 7) is 0. The molecule has 0 aliphatic carbocycles. The van der Waals surface area contributed by atoms with Crippen LogP contribution in [0.5, 0.6) is 0 Å². The number of halogens is 1. The van der Waals surface area contributed by atoms with Crippen molar-refractivity contribution in [3.63, 3.8) is 0 Å². The zero-order valence-electron chi connectivity index (χ0n) is 8.36. The summed E-state index contributed by atoms with van der Waals surface area (Å²) in [6.07, 6.45) is 0. The van der Waals surface area contributed by atoms with E-state index in [1.807, 2.05) is 0 Å². The van der Waals surface area contributed by atoms with Gasteiger partial charge in [0, 0.05) is 0 Å². The van der Waals surface area contributed by atoms with E-state index in [1.165, 1.54) is 16.8 Å². The molecular weight excluding hydrogens is 199 g/mol. The minimum atomic E-state index is -1.06. The quantitative estimate of drug-likeness (QED) is 0.707. The van der Waals surface area contributed by atoms with Gasteiger partial charge in [0.25, 0.3) is 0 Å². The Kier molecular flexibility index (Phi) is 1.96. The lowest BCUT2D eigenvalue weighted by Crippen LogP contribution is -2.42. The number of hydrogen-bond acceptors (Lipinski definition) is 1.